The maximum absolute atomic E-state index is 12.7. The van der Waals surface area contributed by atoms with E-state index in [0.717, 1.165) is 57.8 Å². The molecular weight excluding hydrogens is 769 g/mol. The Hall–Kier alpha value is -2.89. The summed E-state index contributed by atoms with van der Waals surface area (Å²) >= 11 is 0. The molecule has 0 aliphatic rings. The molecule has 0 rings (SSSR count). The van der Waals surface area contributed by atoms with E-state index >= 15 is 0 Å². The Balaban J connectivity index is 4.47. The highest BCUT2D eigenvalue weighted by Crippen LogP contribution is 2.13. The van der Waals surface area contributed by atoms with E-state index in [0.29, 0.717) is 19.3 Å². The Morgan fingerprint density at radius 3 is 1.00 bits per heavy atom. The van der Waals surface area contributed by atoms with Gasteiger partial charge >= 0.3 is 17.9 Å². The minimum absolute atomic E-state index is 0.118. The lowest BCUT2D eigenvalue weighted by atomic mass is 10.1. The number of rotatable bonds is 47. The summed E-state index contributed by atoms with van der Waals surface area (Å²) in [5, 5.41) is 0. The SMILES string of the molecule is CCCCCCCC/C=C/C/C=C/CCC(=O)OCC(COC(=O)CCCCCCC/C=C/CCCCCCCCCCC)OC(=O)CC/C=C/C/C=C/CCCCCCCC. The average molecular weight is 867 g/mol. The van der Waals surface area contributed by atoms with Gasteiger partial charge in [0.05, 0.1) is 0 Å². The number of allylic oxidation sites excluding steroid dienone is 10. The van der Waals surface area contributed by atoms with Gasteiger partial charge in [-0.1, -0.05) is 216 Å². The molecule has 0 amide bonds. The molecule has 0 saturated carbocycles. The lowest BCUT2D eigenvalue weighted by Crippen LogP contribution is -2.30. The van der Waals surface area contributed by atoms with Gasteiger partial charge < -0.3 is 14.2 Å². The van der Waals surface area contributed by atoms with E-state index in [4.69, 9.17) is 14.2 Å². The van der Waals surface area contributed by atoms with Crippen molar-refractivity contribution in [3.8, 4) is 0 Å². The van der Waals surface area contributed by atoms with Gasteiger partial charge in [-0.25, -0.2) is 0 Å². The van der Waals surface area contributed by atoms with Gasteiger partial charge in [-0.3, -0.25) is 14.4 Å². The molecule has 0 saturated heterocycles. The smallest absolute Gasteiger partial charge is 0.306 e. The third kappa shape index (κ3) is 48.1. The molecule has 0 aromatic carbocycles. The molecule has 6 heteroatoms. The summed E-state index contributed by atoms with van der Waals surface area (Å²) in [6.45, 7) is 6.52. The highest BCUT2D eigenvalue weighted by atomic mass is 16.6. The summed E-state index contributed by atoms with van der Waals surface area (Å²) in [6.07, 6.45) is 62.4. The summed E-state index contributed by atoms with van der Waals surface area (Å²) < 4.78 is 16.7. The predicted molar refractivity (Wildman–Crippen MR) is 265 cm³/mol. The van der Waals surface area contributed by atoms with Gasteiger partial charge in [-0.15, -0.1) is 0 Å². The standard InChI is InChI=1S/C56H98O6/c1-4-7-10-13-16-19-22-25-26-27-28-29-32-34-37-40-43-46-49-55(58)61-52-53(62-56(59)50-47-44-41-38-35-31-24-21-18-15-12-9-6-3)51-60-54(57)48-45-42-39-36-33-30-23-20-17-14-11-8-5-2/h28-31,33,35,39,41-42,44,53H,4-27,32,34,36-38,40,43,45-52H2,1-3H3/b29-28+,33-30+,35-31+,42-39+,44-41+. The third-order valence-electron chi connectivity index (χ3n) is 11.2. The van der Waals surface area contributed by atoms with Gasteiger partial charge in [-0.2, -0.15) is 0 Å². The van der Waals surface area contributed by atoms with Crippen molar-refractivity contribution >= 4 is 17.9 Å². The minimum atomic E-state index is -0.829. The predicted octanol–water partition coefficient (Wildman–Crippen LogP) is 17.3. The molecule has 1 unspecified atom stereocenters. The first-order valence-electron chi connectivity index (χ1n) is 26.3. The van der Waals surface area contributed by atoms with Gasteiger partial charge in [0.15, 0.2) is 6.10 Å². The lowest BCUT2D eigenvalue weighted by Gasteiger charge is -2.18. The zero-order chi connectivity index (χ0) is 45.1. The molecule has 0 spiro atoms. The van der Waals surface area contributed by atoms with E-state index in [-0.39, 0.29) is 38.0 Å². The van der Waals surface area contributed by atoms with Crippen molar-refractivity contribution in [2.24, 2.45) is 0 Å². The molecule has 6 nitrogen and oxygen atoms in total. The van der Waals surface area contributed by atoms with Crippen molar-refractivity contribution in [1.29, 1.82) is 0 Å². The molecule has 1 atom stereocenters. The molecule has 62 heavy (non-hydrogen) atoms. The van der Waals surface area contributed by atoms with E-state index < -0.39 is 12.1 Å². The number of unbranched alkanes of at least 4 members (excludes halogenated alkanes) is 26. The van der Waals surface area contributed by atoms with Crippen molar-refractivity contribution in [2.75, 3.05) is 13.2 Å². The molecule has 0 bridgehead atoms. The van der Waals surface area contributed by atoms with E-state index in [1.807, 2.05) is 12.2 Å². The molecule has 0 heterocycles. The summed E-state index contributed by atoms with van der Waals surface area (Å²) in [5.74, 6) is -1.06. The fraction of sp³-hybridized carbons (Fsp3) is 0.768. The molecule has 0 radical (unpaired) electrons. The Bertz CT molecular complexity index is 1130. The molecule has 0 aromatic rings. The Morgan fingerprint density at radius 2 is 0.613 bits per heavy atom. The van der Waals surface area contributed by atoms with Crippen LogP contribution in [-0.2, 0) is 28.6 Å². The first-order chi connectivity index (χ1) is 30.5. The first kappa shape index (κ1) is 59.1. The second kappa shape index (κ2) is 50.8. The van der Waals surface area contributed by atoms with Crippen LogP contribution >= 0.6 is 0 Å². The van der Waals surface area contributed by atoms with Gasteiger partial charge in [-0.05, 0) is 83.5 Å². The molecule has 0 aromatic heterocycles. The second-order valence-electron chi connectivity index (χ2n) is 17.4. The van der Waals surface area contributed by atoms with Crippen LogP contribution in [0.1, 0.15) is 258 Å². The van der Waals surface area contributed by atoms with Crippen LogP contribution in [0.3, 0.4) is 0 Å². The molecule has 0 aliphatic carbocycles. The Labute approximate surface area is 383 Å². The summed E-state index contributed by atoms with van der Waals surface area (Å²) in [5.41, 5.74) is 0. The van der Waals surface area contributed by atoms with Crippen LogP contribution in [0.2, 0.25) is 0 Å². The quantitative estimate of drug-likeness (QED) is 0.0262. The monoisotopic (exact) mass is 867 g/mol. The third-order valence-corrected chi connectivity index (χ3v) is 11.2. The van der Waals surface area contributed by atoms with Crippen LogP contribution in [0.25, 0.3) is 0 Å². The summed E-state index contributed by atoms with van der Waals surface area (Å²) in [7, 11) is 0. The first-order valence-corrected chi connectivity index (χ1v) is 26.3. The summed E-state index contributed by atoms with van der Waals surface area (Å²) in [6, 6.07) is 0. The number of hydrogen-bond acceptors (Lipinski definition) is 6. The highest BCUT2D eigenvalue weighted by Gasteiger charge is 2.19. The Morgan fingerprint density at radius 1 is 0.323 bits per heavy atom. The molecule has 0 aliphatic heterocycles. The van der Waals surface area contributed by atoms with Crippen molar-refractivity contribution in [3.63, 3.8) is 0 Å². The molecule has 0 N–H and O–H groups in total. The van der Waals surface area contributed by atoms with Crippen LogP contribution < -0.4 is 0 Å². The number of hydrogen-bond donors (Lipinski definition) is 0. The zero-order valence-corrected chi connectivity index (χ0v) is 40.9. The van der Waals surface area contributed by atoms with Gasteiger partial charge in [0.25, 0.3) is 0 Å². The van der Waals surface area contributed by atoms with Crippen molar-refractivity contribution in [2.45, 2.75) is 264 Å². The van der Waals surface area contributed by atoms with Crippen LogP contribution in [-0.4, -0.2) is 37.2 Å². The fourth-order valence-electron chi connectivity index (χ4n) is 7.25. The van der Waals surface area contributed by atoms with Crippen molar-refractivity contribution < 1.29 is 28.6 Å². The van der Waals surface area contributed by atoms with E-state index in [2.05, 4.69) is 69.4 Å². The lowest BCUT2D eigenvalue weighted by molar-refractivity contribution is -0.166. The van der Waals surface area contributed by atoms with Crippen LogP contribution in [0.4, 0.5) is 0 Å². The van der Waals surface area contributed by atoms with Crippen molar-refractivity contribution in [3.05, 3.63) is 60.8 Å². The van der Waals surface area contributed by atoms with E-state index in [1.54, 1.807) is 0 Å². The summed E-state index contributed by atoms with van der Waals surface area (Å²) in [4.78, 5) is 37.9. The van der Waals surface area contributed by atoms with E-state index in [1.165, 1.54) is 148 Å². The zero-order valence-electron chi connectivity index (χ0n) is 40.9. The maximum Gasteiger partial charge on any atom is 0.306 e. The van der Waals surface area contributed by atoms with Crippen LogP contribution in [0.15, 0.2) is 60.8 Å². The number of esters is 3. The van der Waals surface area contributed by atoms with Gasteiger partial charge in [0.2, 0.25) is 0 Å². The van der Waals surface area contributed by atoms with Gasteiger partial charge in [0, 0.05) is 19.3 Å². The molecule has 0 fully saturated rings. The second-order valence-corrected chi connectivity index (χ2v) is 17.4. The fourth-order valence-corrected chi connectivity index (χ4v) is 7.25. The molecular formula is C56H98O6. The van der Waals surface area contributed by atoms with Crippen LogP contribution in [0.5, 0.6) is 0 Å². The maximum atomic E-state index is 12.7. The largest absolute Gasteiger partial charge is 0.462 e. The average Bonchev–Trinajstić information content (AvgIpc) is 3.27. The van der Waals surface area contributed by atoms with E-state index in [9.17, 15) is 14.4 Å². The van der Waals surface area contributed by atoms with Gasteiger partial charge in [0.1, 0.15) is 13.2 Å². The minimum Gasteiger partial charge on any atom is -0.462 e. The molecule has 358 valence electrons. The topological polar surface area (TPSA) is 78.9 Å². The van der Waals surface area contributed by atoms with Crippen molar-refractivity contribution in [1.82, 2.24) is 0 Å². The highest BCUT2D eigenvalue weighted by molar-refractivity contribution is 5.71. The number of ether oxygens (including phenoxy) is 3. The van der Waals surface area contributed by atoms with Crippen LogP contribution in [0, 0.1) is 0 Å². The number of carbonyl (C=O) groups excluding carboxylic acids is 3. The number of carbonyl (C=O) groups is 3. The normalized spacial score (nSPS) is 12.5. The Kier molecular flexibility index (Phi) is 48.4.